The molecule has 5 nitrogen and oxygen atoms in total. The number of carbonyl (C=O) groups is 2. The molecule has 0 radical (unpaired) electrons. The molecule has 2 atom stereocenters. The van der Waals surface area contributed by atoms with Gasteiger partial charge in [0.2, 0.25) is 0 Å². The standard InChI is InChI=1S/C13H21NO4.C5H10/c1-3-4-6-10-7-5-8-13(10,2)18-12(17)14-9-11(15)16;1-2-4-5-3-1/h3,10H,1,4-9H2,2H3,(H,14,17)(H,15,16);1-5H2/t10-,13-;/m0./s1. The second kappa shape index (κ2) is 10.3. The first-order valence-corrected chi connectivity index (χ1v) is 8.77. The normalized spacial score (nSPS) is 26.0. The van der Waals surface area contributed by atoms with Gasteiger partial charge < -0.3 is 15.2 Å². The Balaban J connectivity index is 0.000000446. The van der Waals surface area contributed by atoms with Gasteiger partial charge in [-0.1, -0.05) is 38.2 Å². The lowest BCUT2D eigenvalue weighted by Crippen LogP contribution is -2.41. The molecular weight excluding hydrogens is 294 g/mol. The van der Waals surface area contributed by atoms with E-state index in [2.05, 4.69) is 11.9 Å². The summed E-state index contributed by atoms with van der Waals surface area (Å²) in [4.78, 5) is 21.9. The highest BCUT2D eigenvalue weighted by atomic mass is 16.6. The molecule has 0 bridgehead atoms. The second-order valence-electron chi connectivity index (χ2n) is 6.67. The number of carboxylic acid groups (broad SMARTS) is 1. The van der Waals surface area contributed by atoms with Crippen molar-refractivity contribution in [3.8, 4) is 0 Å². The van der Waals surface area contributed by atoms with Crippen molar-refractivity contribution in [2.24, 2.45) is 5.92 Å². The fourth-order valence-corrected chi connectivity index (χ4v) is 3.39. The van der Waals surface area contributed by atoms with Gasteiger partial charge in [0.25, 0.3) is 0 Å². The maximum Gasteiger partial charge on any atom is 0.408 e. The summed E-state index contributed by atoms with van der Waals surface area (Å²) in [5.74, 6) is -0.752. The summed E-state index contributed by atoms with van der Waals surface area (Å²) in [6.07, 6.45) is 13.5. The van der Waals surface area contributed by atoms with Crippen molar-refractivity contribution in [3.05, 3.63) is 12.7 Å². The maximum absolute atomic E-state index is 11.5. The Morgan fingerprint density at radius 1 is 1.26 bits per heavy atom. The fourth-order valence-electron chi connectivity index (χ4n) is 3.39. The Morgan fingerprint density at radius 3 is 2.39 bits per heavy atom. The molecule has 2 fully saturated rings. The molecule has 0 aromatic heterocycles. The lowest BCUT2D eigenvalue weighted by atomic mass is 9.88. The minimum Gasteiger partial charge on any atom is -0.480 e. The van der Waals surface area contributed by atoms with Crippen molar-refractivity contribution in [3.63, 3.8) is 0 Å². The van der Waals surface area contributed by atoms with E-state index in [9.17, 15) is 9.59 Å². The van der Waals surface area contributed by atoms with Crippen molar-refractivity contribution in [2.75, 3.05) is 6.54 Å². The lowest BCUT2D eigenvalue weighted by molar-refractivity contribution is -0.136. The van der Waals surface area contributed by atoms with Crippen LogP contribution in [0, 0.1) is 5.92 Å². The van der Waals surface area contributed by atoms with E-state index in [1.807, 2.05) is 13.0 Å². The average molecular weight is 325 g/mol. The second-order valence-corrected chi connectivity index (χ2v) is 6.67. The highest BCUT2D eigenvalue weighted by molar-refractivity contribution is 5.76. The van der Waals surface area contributed by atoms with Crippen LogP contribution in [0.15, 0.2) is 12.7 Å². The molecule has 1 amide bonds. The van der Waals surface area contributed by atoms with Gasteiger partial charge in [-0.25, -0.2) is 4.79 Å². The molecule has 0 aromatic carbocycles. The summed E-state index contributed by atoms with van der Waals surface area (Å²) in [6.45, 7) is 5.21. The van der Waals surface area contributed by atoms with E-state index in [0.29, 0.717) is 5.92 Å². The molecule has 0 aromatic rings. The summed E-state index contributed by atoms with van der Waals surface area (Å²) >= 11 is 0. The largest absolute Gasteiger partial charge is 0.480 e. The Kier molecular flexibility index (Phi) is 8.74. The van der Waals surface area contributed by atoms with Crippen molar-refractivity contribution in [1.29, 1.82) is 0 Å². The zero-order chi connectivity index (χ0) is 17.1. The summed E-state index contributed by atoms with van der Waals surface area (Å²) in [5.41, 5.74) is -0.481. The van der Waals surface area contributed by atoms with Gasteiger partial charge in [0.05, 0.1) is 0 Å². The molecule has 2 aliphatic carbocycles. The number of hydrogen-bond donors (Lipinski definition) is 2. The zero-order valence-electron chi connectivity index (χ0n) is 14.3. The maximum atomic E-state index is 11.5. The third-order valence-electron chi connectivity index (χ3n) is 4.77. The Labute approximate surface area is 139 Å². The predicted octanol–water partition coefficient (Wildman–Crippen LogP) is 4.27. The minimum atomic E-state index is -1.08. The molecule has 5 heteroatoms. The molecule has 2 rings (SSSR count). The van der Waals surface area contributed by atoms with Gasteiger partial charge in [0, 0.05) is 0 Å². The number of nitrogens with one attached hydrogen (secondary N) is 1. The monoisotopic (exact) mass is 325 g/mol. The highest BCUT2D eigenvalue weighted by Gasteiger charge is 2.41. The number of carbonyl (C=O) groups excluding carboxylic acids is 1. The van der Waals surface area contributed by atoms with Crippen LogP contribution in [0.4, 0.5) is 4.79 Å². The Bertz CT molecular complexity index is 385. The average Bonchev–Trinajstić information content (AvgIpc) is 3.16. The number of allylic oxidation sites excluding steroid dienone is 1. The van der Waals surface area contributed by atoms with Crippen molar-refractivity contribution >= 4 is 12.1 Å². The number of amides is 1. The first-order chi connectivity index (χ1) is 11.0. The van der Waals surface area contributed by atoms with Crippen LogP contribution in [0.25, 0.3) is 0 Å². The number of carboxylic acids is 1. The van der Waals surface area contributed by atoms with Gasteiger partial charge in [0.1, 0.15) is 12.1 Å². The van der Waals surface area contributed by atoms with Gasteiger partial charge >= 0.3 is 12.1 Å². The van der Waals surface area contributed by atoms with Crippen LogP contribution < -0.4 is 5.32 Å². The van der Waals surface area contributed by atoms with Crippen LogP contribution in [0.1, 0.15) is 71.1 Å². The van der Waals surface area contributed by atoms with Crippen LogP contribution in [-0.4, -0.2) is 29.3 Å². The van der Waals surface area contributed by atoms with Crippen molar-refractivity contribution in [2.45, 2.75) is 76.7 Å². The van der Waals surface area contributed by atoms with Crippen LogP contribution in [0.3, 0.4) is 0 Å². The summed E-state index contributed by atoms with van der Waals surface area (Å²) in [6, 6.07) is 0. The smallest absolute Gasteiger partial charge is 0.408 e. The highest BCUT2D eigenvalue weighted by Crippen LogP contribution is 2.41. The van der Waals surface area contributed by atoms with E-state index < -0.39 is 24.2 Å². The molecule has 2 aliphatic rings. The van der Waals surface area contributed by atoms with Gasteiger partial charge in [-0.3, -0.25) is 4.79 Å². The number of aliphatic carboxylic acids is 1. The first-order valence-electron chi connectivity index (χ1n) is 8.77. The number of alkyl carbamates (subject to hydrolysis) is 1. The van der Waals surface area contributed by atoms with E-state index in [4.69, 9.17) is 9.84 Å². The number of hydrogen-bond acceptors (Lipinski definition) is 3. The summed E-state index contributed by atoms with van der Waals surface area (Å²) in [7, 11) is 0. The molecule has 2 N–H and O–H groups in total. The van der Waals surface area contributed by atoms with Crippen LogP contribution >= 0.6 is 0 Å². The van der Waals surface area contributed by atoms with Gasteiger partial charge in [-0.15, -0.1) is 6.58 Å². The summed E-state index contributed by atoms with van der Waals surface area (Å²) in [5, 5.41) is 10.7. The van der Waals surface area contributed by atoms with Gasteiger partial charge in [-0.2, -0.15) is 0 Å². The lowest BCUT2D eigenvalue weighted by Gasteiger charge is -2.31. The fraction of sp³-hybridized carbons (Fsp3) is 0.778. The van der Waals surface area contributed by atoms with Crippen LogP contribution in [-0.2, 0) is 9.53 Å². The Hall–Kier alpha value is -1.52. The topological polar surface area (TPSA) is 75.6 Å². The predicted molar refractivity (Wildman–Crippen MR) is 90.4 cm³/mol. The quantitative estimate of drug-likeness (QED) is 0.715. The molecule has 132 valence electrons. The van der Waals surface area contributed by atoms with Crippen LogP contribution in [0.2, 0.25) is 0 Å². The van der Waals surface area contributed by atoms with Crippen LogP contribution in [0.5, 0.6) is 0 Å². The van der Waals surface area contributed by atoms with E-state index >= 15 is 0 Å². The van der Waals surface area contributed by atoms with E-state index in [1.54, 1.807) is 0 Å². The van der Waals surface area contributed by atoms with E-state index in [0.717, 1.165) is 32.1 Å². The minimum absolute atomic E-state index is 0.325. The van der Waals surface area contributed by atoms with Gasteiger partial charge in [0.15, 0.2) is 0 Å². The van der Waals surface area contributed by atoms with Gasteiger partial charge in [-0.05, 0) is 44.9 Å². The molecule has 23 heavy (non-hydrogen) atoms. The first kappa shape index (κ1) is 19.5. The van der Waals surface area contributed by atoms with Crippen molar-refractivity contribution in [1.82, 2.24) is 5.32 Å². The molecule has 0 heterocycles. The van der Waals surface area contributed by atoms with E-state index in [1.165, 1.54) is 32.1 Å². The zero-order valence-corrected chi connectivity index (χ0v) is 14.3. The van der Waals surface area contributed by atoms with E-state index in [-0.39, 0.29) is 0 Å². The third-order valence-corrected chi connectivity index (χ3v) is 4.77. The Morgan fingerprint density at radius 2 is 1.87 bits per heavy atom. The molecule has 0 saturated heterocycles. The number of ether oxygens (including phenoxy) is 1. The summed E-state index contributed by atoms with van der Waals surface area (Å²) < 4.78 is 5.41. The molecule has 0 spiro atoms. The molecule has 0 unspecified atom stereocenters. The molecule has 0 aliphatic heterocycles. The molecular formula is C18H31NO4. The molecule has 2 saturated carbocycles. The SMILES string of the molecule is C1CCCC1.C=CCC[C@H]1CCC[C@]1(C)OC(=O)NCC(=O)O. The number of rotatable bonds is 6. The van der Waals surface area contributed by atoms with Crippen molar-refractivity contribution < 1.29 is 19.4 Å². The third kappa shape index (κ3) is 7.53.